The first kappa shape index (κ1) is 47.7. The van der Waals surface area contributed by atoms with Gasteiger partial charge in [-0.25, -0.2) is 19.9 Å². The average Bonchev–Trinajstić information content (AvgIpc) is 3.66. The van der Waals surface area contributed by atoms with Gasteiger partial charge in [-0.05, 0) is 133 Å². The van der Waals surface area contributed by atoms with E-state index in [4.69, 9.17) is 42.3 Å². The van der Waals surface area contributed by atoms with E-state index in [9.17, 15) is 0 Å². The van der Waals surface area contributed by atoms with Crippen molar-refractivity contribution in [2.24, 2.45) is 0 Å². The van der Waals surface area contributed by atoms with E-state index >= 15 is 0 Å². The molecule has 0 spiro atoms. The van der Waals surface area contributed by atoms with E-state index < -0.39 is 0 Å². The molecule has 0 unspecified atom stereocenters. The van der Waals surface area contributed by atoms with Gasteiger partial charge in [0.15, 0.2) is 0 Å². The van der Waals surface area contributed by atoms with Crippen LogP contribution in [0.25, 0.3) is 78.2 Å². The number of fused-ring (bicyclic) bond motifs is 2. The summed E-state index contributed by atoms with van der Waals surface area (Å²) in [5.74, 6) is 22.0. The molecule has 362 valence electrons. The summed E-state index contributed by atoms with van der Waals surface area (Å²) in [5.41, 5.74) is 15.4. The fraction of sp³-hybridized carbons (Fsp3) is 0. The van der Waals surface area contributed by atoms with Gasteiger partial charge in [0.1, 0.15) is 23.0 Å². The van der Waals surface area contributed by atoms with Crippen molar-refractivity contribution in [3.8, 4) is 128 Å². The summed E-state index contributed by atoms with van der Waals surface area (Å²) in [7, 11) is 0. The largest absolute Gasteiger partial charge is 0.457 e. The first-order valence-corrected chi connectivity index (χ1v) is 25.2. The molecule has 6 nitrogen and oxygen atoms in total. The van der Waals surface area contributed by atoms with Crippen LogP contribution in [0, 0.1) is 48.4 Å². The van der Waals surface area contributed by atoms with Gasteiger partial charge in [0, 0.05) is 66.8 Å². The smallest absolute Gasteiger partial charge is 0.128 e. The standard InChI is InChI=1S/C72H42N4O2/c1-3-49-23-17-29-61(43-49)77-59-39-35-55(36-40-59)71-69(53-25-13-7-14-26-53)73-65-45-57(33-31-51-19-9-5-10-20-51)63(47-67(65)75-71)64-48-68-66(46-58(64)34-32-52-21-11-6-12-22-52)74-70(54-27-15-8-16-28-54)72(76-68)56-37-41-60(42-38-56)78-62-30-18-24-50(4-2)44-62/h1-2,5-30,35-48H. The SMILES string of the molecule is C#Cc1cccc(Oc2ccc(-c3nc4cc(-c5cc6nc(-c7ccc(Oc8cccc(C#C)c8)cc7)c(-c7ccccc7)nc6cc5C#Cc5ccccc5)c(C#Cc5ccccc5)cc4nc3-c3ccccc3)cc2)c1. The summed E-state index contributed by atoms with van der Waals surface area (Å²) >= 11 is 0. The normalized spacial score (nSPS) is 10.6. The van der Waals surface area contributed by atoms with Crippen LogP contribution in [0.3, 0.4) is 0 Å². The monoisotopic (exact) mass is 994 g/mol. The molecule has 10 aromatic carbocycles. The molecular weight excluding hydrogens is 953 g/mol. The summed E-state index contributed by atoms with van der Waals surface area (Å²) in [6, 6.07) is 79.0. The molecule has 6 heteroatoms. The number of nitrogens with zero attached hydrogens (tertiary/aromatic N) is 4. The molecule has 12 rings (SSSR count). The van der Waals surface area contributed by atoms with Crippen molar-refractivity contribution in [2.75, 3.05) is 0 Å². The Hall–Kier alpha value is -11.3. The summed E-state index contributed by atoms with van der Waals surface area (Å²) in [4.78, 5) is 21.8. The zero-order valence-electron chi connectivity index (χ0n) is 41.9. The van der Waals surface area contributed by atoms with Crippen LogP contribution < -0.4 is 9.47 Å². The molecule has 0 atom stereocenters. The fourth-order valence-corrected chi connectivity index (χ4v) is 9.11. The number of ether oxygens (including phenoxy) is 2. The van der Waals surface area contributed by atoms with Gasteiger partial charge in [-0.2, -0.15) is 0 Å². The van der Waals surface area contributed by atoms with Crippen molar-refractivity contribution in [1.82, 2.24) is 19.9 Å². The molecule has 0 aliphatic carbocycles. The van der Waals surface area contributed by atoms with Gasteiger partial charge >= 0.3 is 0 Å². The topological polar surface area (TPSA) is 70.0 Å². The molecule has 0 saturated heterocycles. The van der Waals surface area contributed by atoms with Gasteiger partial charge in [-0.15, -0.1) is 12.8 Å². The number of aromatic nitrogens is 4. The van der Waals surface area contributed by atoms with Crippen molar-refractivity contribution < 1.29 is 9.47 Å². The van der Waals surface area contributed by atoms with E-state index in [2.05, 4.69) is 47.7 Å². The van der Waals surface area contributed by atoms with E-state index in [1.165, 1.54) is 0 Å². The molecule has 12 aromatic rings. The molecule has 2 aromatic heterocycles. The minimum absolute atomic E-state index is 0.650. The third-order valence-electron chi connectivity index (χ3n) is 13.0. The van der Waals surface area contributed by atoms with Crippen LogP contribution >= 0.6 is 0 Å². The zero-order chi connectivity index (χ0) is 52.6. The Balaban J connectivity index is 1.05. The second-order valence-corrected chi connectivity index (χ2v) is 18.2. The number of hydrogen-bond acceptors (Lipinski definition) is 6. The van der Waals surface area contributed by atoms with Crippen LogP contribution in [0.4, 0.5) is 0 Å². The lowest BCUT2D eigenvalue weighted by molar-refractivity contribution is 0.482. The minimum atomic E-state index is 0.650. The zero-order valence-corrected chi connectivity index (χ0v) is 41.9. The van der Waals surface area contributed by atoms with Crippen molar-refractivity contribution in [3.05, 3.63) is 276 Å². The van der Waals surface area contributed by atoms with Gasteiger partial charge in [0.2, 0.25) is 0 Å². The van der Waals surface area contributed by atoms with E-state index in [0.29, 0.717) is 56.5 Å². The Morgan fingerprint density at radius 2 is 0.590 bits per heavy atom. The highest BCUT2D eigenvalue weighted by Crippen LogP contribution is 2.39. The van der Waals surface area contributed by atoms with Crippen LogP contribution in [0.15, 0.2) is 243 Å². The summed E-state index contributed by atoms with van der Waals surface area (Å²) in [5, 5.41) is 0. The number of terminal acetylenes is 2. The highest BCUT2D eigenvalue weighted by molar-refractivity contribution is 5.96. The van der Waals surface area contributed by atoms with E-state index in [1.54, 1.807) is 0 Å². The van der Waals surface area contributed by atoms with Crippen molar-refractivity contribution >= 4 is 22.1 Å². The summed E-state index contributed by atoms with van der Waals surface area (Å²) < 4.78 is 12.5. The molecule has 0 bridgehead atoms. The number of rotatable bonds is 9. The van der Waals surface area contributed by atoms with Gasteiger partial charge < -0.3 is 9.47 Å². The van der Waals surface area contributed by atoms with Crippen LogP contribution in [0.1, 0.15) is 33.4 Å². The molecule has 0 saturated carbocycles. The van der Waals surface area contributed by atoms with Crippen molar-refractivity contribution in [3.63, 3.8) is 0 Å². The molecule has 0 aliphatic rings. The first-order valence-electron chi connectivity index (χ1n) is 25.2. The van der Waals surface area contributed by atoms with Crippen molar-refractivity contribution in [2.45, 2.75) is 0 Å². The van der Waals surface area contributed by atoms with Crippen LogP contribution in [0.5, 0.6) is 23.0 Å². The predicted octanol–water partition coefficient (Wildman–Crippen LogP) is 16.3. The van der Waals surface area contributed by atoms with Crippen LogP contribution in [-0.2, 0) is 0 Å². The lowest BCUT2D eigenvalue weighted by Crippen LogP contribution is -2.00. The Morgan fingerprint density at radius 1 is 0.269 bits per heavy atom. The number of hydrogen-bond donors (Lipinski definition) is 0. The predicted molar refractivity (Wildman–Crippen MR) is 314 cm³/mol. The van der Waals surface area contributed by atoms with Gasteiger partial charge in [-0.3, -0.25) is 0 Å². The first-order chi connectivity index (χ1) is 38.5. The molecular formula is C72H42N4O2. The van der Waals surface area contributed by atoms with Crippen molar-refractivity contribution in [1.29, 1.82) is 0 Å². The molecule has 78 heavy (non-hydrogen) atoms. The molecule has 0 aliphatic heterocycles. The van der Waals surface area contributed by atoms with Gasteiger partial charge in [0.05, 0.1) is 44.8 Å². The van der Waals surface area contributed by atoms with Crippen LogP contribution in [0.2, 0.25) is 0 Å². The maximum Gasteiger partial charge on any atom is 0.128 e. The third kappa shape index (κ3) is 10.4. The Labute approximate surface area is 452 Å². The van der Waals surface area contributed by atoms with Crippen LogP contribution in [-0.4, -0.2) is 19.9 Å². The third-order valence-corrected chi connectivity index (χ3v) is 13.0. The second-order valence-electron chi connectivity index (χ2n) is 18.2. The Morgan fingerprint density at radius 3 is 0.949 bits per heavy atom. The fourth-order valence-electron chi connectivity index (χ4n) is 9.11. The minimum Gasteiger partial charge on any atom is -0.457 e. The molecule has 2 heterocycles. The average molecular weight is 995 g/mol. The lowest BCUT2D eigenvalue weighted by atomic mass is 9.93. The molecule has 0 radical (unpaired) electrons. The van der Waals surface area contributed by atoms with Gasteiger partial charge in [-0.1, -0.05) is 145 Å². The molecule has 0 N–H and O–H groups in total. The summed E-state index contributed by atoms with van der Waals surface area (Å²) in [6.45, 7) is 0. The maximum absolute atomic E-state index is 6.24. The Bertz CT molecular complexity index is 4140. The maximum atomic E-state index is 6.24. The highest BCUT2D eigenvalue weighted by atomic mass is 16.5. The lowest BCUT2D eigenvalue weighted by Gasteiger charge is -2.16. The van der Waals surface area contributed by atoms with Gasteiger partial charge in [0.25, 0.3) is 0 Å². The second kappa shape index (κ2) is 21.7. The summed E-state index contributed by atoms with van der Waals surface area (Å²) in [6.07, 6.45) is 11.4. The molecule has 0 fully saturated rings. The van der Waals surface area contributed by atoms with E-state index in [0.717, 1.165) is 78.1 Å². The Kier molecular flexibility index (Phi) is 13.3. The highest BCUT2D eigenvalue weighted by Gasteiger charge is 2.20. The number of benzene rings is 10. The quantitative estimate of drug-likeness (QED) is 0.134. The van der Waals surface area contributed by atoms with E-state index in [-0.39, 0.29) is 0 Å². The van der Waals surface area contributed by atoms with E-state index in [1.807, 2.05) is 231 Å². The molecule has 0 amide bonds.